The molecule has 2 aromatic rings. The maximum Gasteiger partial charge on any atom is 0.318 e. The number of hydrogen-bond donors (Lipinski definition) is 2. The van der Waals surface area contributed by atoms with E-state index in [0.717, 1.165) is 11.1 Å². The highest BCUT2D eigenvalue weighted by molar-refractivity contribution is 5.96. The van der Waals surface area contributed by atoms with E-state index in [-0.39, 0.29) is 11.9 Å². The van der Waals surface area contributed by atoms with E-state index >= 15 is 0 Å². The third kappa shape index (κ3) is 4.25. The molecule has 1 saturated heterocycles. The summed E-state index contributed by atoms with van der Waals surface area (Å²) in [7, 11) is 0. The Hall–Kier alpha value is -2.77. The normalized spacial score (nSPS) is 18.9. The van der Waals surface area contributed by atoms with Crippen LogP contribution in [-0.4, -0.2) is 36.5 Å². The summed E-state index contributed by atoms with van der Waals surface area (Å²) in [6.45, 7) is 1.36. The number of amides is 3. The van der Waals surface area contributed by atoms with Crippen LogP contribution in [0.3, 0.4) is 0 Å². The molecule has 2 aromatic carbocycles. The summed E-state index contributed by atoms with van der Waals surface area (Å²) in [5, 5.41) is 2.17. The van der Waals surface area contributed by atoms with Gasteiger partial charge in [-0.05, 0) is 23.3 Å². The molecule has 136 valence electrons. The quantitative estimate of drug-likeness (QED) is 0.878. The lowest BCUT2D eigenvalue weighted by atomic mass is 10.0. The number of carbonyl (C=O) groups excluding carboxylic acids is 2. The molecule has 0 aliphatic carbocycles. The van der Waals surface area contributed by atoms with Crippen LogP contribution in [0.4, 0.5) is 9.18 Å². The maximum atomic E-state index is 13.2. The number of benzene rings is 2. The molecule has 1 aliphatic heterocycles. The zero-order valence-corrected chi connectivity index (χ0v) is 14.1. The van der Waals surface area contributed by atoms with Gasteiger partial charge in [-0.25, -0.2) is 9.18 Å². The van der Waals surface area contributed by atoms with Crippen molar-refractivity contribution in [1.29, 1.82) is 0 Å². The summed E-state index contributed by atoms with van der Waals surface area (Å²) in [6, 6.07) is 13.7. The Balaban J connectivity index is 1.84. The second-order valence-electron chi connectivity index (χ2n) is 6.07. The molecule has 7 heteroatoms. The Morgan fingerprint density at radius 2 is 1.85 bits per heavy atom. The molecule has 1 fully saturated rings. The number of imide groups is 1. The maximum absolute atomic E-state index is 13.2. The van der Waals surface area contributed by atoms with Crippen LogP contribution in [0.25, 0.3) is 0 Å². The number of urea groups is 1. The molecule has 26 heavy (non-hydrogen) atoms. The zero-order valence-electron chi connectivity index (χ0n) is 14.1. The number of rotatable bonds is 4. The van der Waals surface area contributed by atoms with Crippen molar-refractivity contribution in [3.05, 3.63) is 71.5 Å². The van der Waals surface area contributed by atoms with Crippen molar-refractivity contribution < 1.29 is 18.7 Å². The minimum absolute atomic E-state index is 0.294. The summed E-state index contributed by atoms with van der Waals surface area (Å²) >= 11 is 0. The Morgan fingerprint density at radius 3 is 2.50 bits per heavy atom. The predicted octanol–water partition coefficient (Wildman–Crippen LogP) is 2.14. The molecule has 3 rings (SSSR count). The lowest BCUT2D eigenvalue weighted by Gasteiger charge is -2.37. The van der Waals surface area contributed by atoms with E-state index in [1.54, 1.807) is 12.1 Å². The van der Waals surface area contributed by atoms with Crippen LogP contribution >= 0.6 is 0 Å². The van der Waals surface area contributed by atoms with Crippen molar-refractivity contribution in [3.63, 3.8) is 0 Å². The number of morpholine rings is 1. The van der Waals surface area contributed by atoms with E-state index in [4.69, 9.17) is 10.5 Å². The molecule has 3 N–H and O–H groups in total. The summed E-state index contributed by atoms with van der Waals surface area (Å²) in [6.07, 6.45) is -0.294. The summed E-state index contributed by atoms with van der Waals surface area (Å²) in [5.74, 6) is -0.798. The standard InChI is InChI=1S/C19H20FN3O3/c20-15-8-6-13(7-9-15)16-12-23(10-11-26-16)17(18(24)22-19(21)25)14-4-2-1-3-5-14/h1-9,16-17H,10-12H2,(H3,21,22,24,25)/t16-,17-/m1/s1. The number of nitrogens with two attached hydrogens (primary N) is 1. The monoisotopic (exact) mass is 357 g/mol. The van der Waals surface area contributed by atoms with Gasteiger partial charge in [0.25, 0.3) is 0 Å². The summed E-state index contributed by atoms with van der Waals surface area (Å²) in [4.78, 5) is 25.7. The van der Waals surface area contributed by atoms with Gasteiger partial charge < -0.3 is 10.5 Å². The fourth-order valence-electron chi connectivity index (χ4n) is 3.14. The first kappa shape index (κ1) is 18.0. The van der Waals surface area contributed by atoms with Gasteiger partial charge in [-0.2, -0.15) is 0 Å². The van der Waals surface area contributed by atoms with Crippen LogP contribution in [0, 0.1) is 5.82 Å². The Labute approximate surface area is 150 Å². The van der Waals surface area contributed by atoms with Gasteiger partial charge in [0.05, 0.1) is 12.7 Å². The molecular formula is C19H20FN3O3. The molecule has 0 aromatic heterocycles. The molecule has 0 radical (unpaired) electrons. The summed E-state index contributed by atoms with van der Waals surface area (Å²) in [5.41, 5.74) is 6.71. The Morgan fingerprint density at radius 1 is 1.15 bits per heavy atom. The van der Waals surface area contributed by atoms with Crippen molar-refractivity contribution in [1.82, 2.24) is 10.2 Å². The number of nitrogens with one attached hydrogen (secondary N) is 1. The van der Waals surface area contributed by atoms with Crippen LogP contribution in [-0.2, 0) is 9.53 Å². The van der Waals surface area contributed by atoms with E-state index in [0.29, 0.717) is 19.7 Å². The molecule has 1 heterocycles. The number of hydrogen-bond acceptors (Lipinski definition) is 4. The second-order valence-corrected chi connectivity index (χ2v) is 6.07. The molecule has 2 atom stereocenters. The lowest BCUT2D eigenvalue weighted by molar-refractivity contribution is -0.129. The fraction of sp³-hybridized carbons (Fsp3) is 0.263. The first-order valence-corrected chi connectivity index (χ1v) is 8.31. The molecule has 3 amide bonds. The van der Waals surface area contributed by atoms with Crippen LogP contribution in [0.1, 0.15) is 23.3 Å². The summed E-state index contributed by atoms with van der Waals surface area (Å²) < 4.78 is 19.0. The highest BCUT2D eigenvalue weighted by atomic mass is 19.1. The molecule has 1 aliphatic rings. The minimum Gasteiger partial charge on any atom is -0.371 e. The van der Waals surface area contributed by atoms with Crippen molar-refractivity contribution >= 4 is 11.9 Å². The van der Waals surface area contributed by atoms with Gasteiger partial charge in [0, 0.05) is 13.1 Å². The van der Waals surface area contributed by atoms with Gasteiger partial charge in [-0.15, -0.1) is 0 Å². The van der Waals surface area contributed by atoms with Crippen molar-refractivity contribution in [3.8, 4) is 0 Å². The molecular weight excluding hydrogens is 337 g/mol. The topological polar surface area (TPSA) is 84.7 Å². The van der Waals surface area contributed by atoms with Crippen molar-refractivity contribution in [2.45, 2.75) is 12.1 Å². The van der Waals surface area contributed by atoms with E-state index in [1.807, 2.05) is 35.2 Å². The number of primary amides is 1. The van der Waals surface area contributed by atoms with E-state index in [9.17, 15) is 14.0 Å². The molecule has 0 saturated carbocycles. The first-order chi connectivity index (χ1) is 12.5. The molecule has 0 unspecified atom stereocenters. The Kier molecular flexibility index (Phi) is 5.60. The smallest absolute Gasteiger partial charge is 0.318 e. The van der Waals surface area contributed by atoms with Gasteiger partial charge in [-0.3, -0.25) is 15.0 Å². The Bertz CT molecular complexity index is 767. The SMILES string of the molecule is NC(=O)NC(=O)[C@@H](c1ccccc1)N1CCO[C@@H](c2ccc(F)cc2)C1. The average Bonchev–Trinajstić information content (AvgIpc) is 2.63. The average molecular weight is 357 g/mol. The molecule has 0 spiro atoms. The predicted molar refractivity (Wildman–Crippen MR) is 93.6 cm³/mol. The molecule has 0 bridgehead atoms. The highest BCUT2D eigenvalue weighted by Crippen LogP contribution is 2.29. The minimum atomic E-state index is -0.890. The zero-order chi connectivity index (χ0) is 18.5. The second kappa shape index (κ2) is 8.07. The highest BCUT2D eigenvalue weighted by Gasteiger charge is 2.33. The van der Waals surface area contributed by atoms with E-state index in [2.05, 4.69) is 5.32 Å². The van der Waals surface area contributed by atoms with Crippen LogP contribution in [0.15, 0.2) is 54.6 Å². The number of halogens is 1. The van der Waals surface area contributed by atoms with E-state index < -0.39 is 18.0 Å². The number of ether oxygens (including phenoxy) is 1. The third-order valence-corrected chi connectivity index (χ3v) is 4.31. The first-order valence-electron chi connectivity index (χ1n) is 8.31. The van der Waals surface area contributed by atoms with Crippen LogP contribution in [0.5, 0.6) is 0 Å². The molecule has 6 nitrogen and oxygen atoms in total. The fourth-order valence-corrected chi connectivity index (χ4v) is 3.14. The van der Waals surface area contributed by atoms with Crippen LogP contribution in [0.2, 0.25) is 0 Å². The van der Waals surface area contributed by atoms with Crippen molar-refractivity contribution in [2.24, 2.45) is 5.73 Å². The third-order valence-electron chi connectivity index (χ3n) is 4.31. The van der Waals surface area contributed by atoms with Gasteiger partial charge >= 0.3 is 6.03 Å². The van der Waals surface area contributed by atoms with E-state index in [1.165, 1.54) is 12.1 Å². The van der Waals surface area contributed by atoms with Gasteiger partial charge in [0.15, 0.2) is 0 Å². The van der Waals surface area contributed by atoms with Crippen molar-refractivity contribution in [2.75, 3.05) is 19.7 Å². The van der Waals surface area contributed by atoms with Crippen LogP contribution < -0.4 is 11.1 Å². The van der Waals surface area contributed by atoms with Gasteiger partial charge in [0.2, 0.25) is 5.91 Å². The largest absolute Gasteiger partial charge is 0.371 e. The van der Waals surface area contributed by atoms with Gasteiger partial charge in [0.1, 0.15) is 11.9 Å². The number of nitrogens with zero attached hydrogens (tertiary/aromatic N) is 1. The number of carbonyl (C=O) groups is 2. The lowest BCUT2D eigenvalue weighted by Crippen LogP contribution is -2.48. The van der Waals surface area contributed by atoms with Gasteiger partial charge in [-0.1, -0.05) is 42.5 Å².